The maximum absolute atomic E-state index is 12.3. The first-order valence-electron chi connectivity index (χ1n) is 4.60. The number of hydrogen-bond donors (Lipinski definition) is 0. The quantitative estimate of drug-likeness (QED) is 0.742. The van der Waals surface area contributed by atoms with Gasteiger partial charge in [0, 0.05) is 0 Å². The van der Waals surface area contributed by atoms with Crippen LogP contribution in [0.5, 0.6) is 0 Å². The fourth-order valence-electron chi connectivity index (χ4n) is 1.24. The van der Waals surface area contributed by atoms with Crippen molar-refractivity contribution in [1.82, 2.24) is 19.6 Å². The molecule has 0 N–H and O–H groups in total. The fraction of sp³-hybridized carbons (Fsp3) is 0.444. The van der Waals surface area contributed by atoms with Crippen molar-refractivity contribution in [3.63, 3.8) is 0 Å². The van der Waals surface area contributed by atoms with E-state index in [1.807, 2.05) is 13.8 Å². The molecule has 0 saturated heterocycles. The number of halogens is 2. The molecule has 0 saturated carbocycles. The van der Waals surface area contributed by atoms with E-state index in [0.29, 0.717) is 10.9 Å². The van der Waals surface area contributed by atoms with Gasteiger partial charge in [-0.15, -0.1) is 5.10 Å². The van der Waals surface area contributed by atoms with Gasteiger partial charge >= 0.3 is 0 Å². The molecule has 0 aromatic carbocycles. The van der Waals surface area contributed by atoms with Crippen molar-refractivity contribution in [2.75, 3.05) is 0 Å². The number of hydrogen-bond acceptors (Lipinski definition) is 3. The van der Waals surface area contributed by atoms with Gasteiger partial charge in [0.1, 0.15) is 5.15 Å². The second-order valence-corrected chi connectivity index (χ2v) is 3.92. The van der Waals surface area contributed by atoms with Crippen molar-refractivity contribution in [3.8, 4) is 0 Å². The third-order valence-electron chi connectivity index (χ3n) is 2.04. The minimum absolute atomic E-state index is 0.102. The first-order chi connectivity index (χ1) is 7.11. The summed E-state index contributed by atoms with van der Waals surface area (Å²) in [6.07, 6.45) is 0. The third-order valence-corrected chi connectivity index (χ3v) is 2.31. The molecule has 2 aromatic rings. The van der Waals surface area contributed by atoms with E-state index in [-0.39, 0.29) is 11.7 Å². The molecule has 0 aliphatic rings. The molecule has 2 heterocycles. The lowest BCUT2D eigenvalue weighted by atomic mass is 10.1. The number of rotatable bonds is 2. The largest absolute Gasteiger partial charge is 0.254 e. The molecule has 2 rings (SSSR count). The number of aromatic nitrogens is 4. The molecular weight excluding hydrogens is 219 g/mol. The van der Waals surface area contributed by atoms with Crippen LogP contribution in [0.1, 0.15) is 31.3 Å². The number of nitrogens with zero attached hydrogens (tertiary/aromatic N) is 4. The minimum atomic E-state index is -0.712. The monoisotopic (exact) mass is 228 g/mol. The van der Waals surface area contributed by atoms with Crippen molar-refractivity contribution in [2.45, 2.75) is 26.4 Å². The zero-order chi connectivity index (χ0) is 11.0. The van der Waals surface area contributed by atoms with Crippen molar-refractivity contribution < 1.29 is 4.39 Å². The maximum Gasteiger partial charge on any atom is 0.254 e. The summed E-state index contributed by atoms with van der Waals surface area (Å²) in [4.78, 5) is 8.16. The first-order valence-corrected chi connectivity index (χ1v) is 4.97. The second-order valence-electron chi connectivity index (χ2n) is 3.53. The Bertz CT molecular complexity index is 494. The van der Waals surface area contributed by atoms with E-state index in [4.69, 9.17) is 11.6 Å². The molecule has 0 aliphatic heterocycles. The molecule has 0 fully saturated rings. The van der Waals surface area contributed by atoms with Crippen molar-refractivity contribution in [2.24, 2.45) is 0 Å². The molecule has 0 bridgehead atoms. The van der Waals surface area contributed by atoms with Crippen LogP contribution in [-0.2, 0) is 6.67 Å². The molecule has 0 atom stereocenters. The summed E-state index contributed by atoms with van der Waals surface area (Å²) in [5.41, 5.74) is 0.824. The molecule has 6 heteroatoms. The number of alkyl halides is 1. The van der Waals surface area contributed by atoms with Gasteiger partial charge < -0.3 is 0 Å². The Morgan fingerprint density at radius 3 is 2.80 bits per heavy atom. The van der Waals surface area contributed by atoms with Gasteiger partial charge in [0.05, 0.1) is 5.69 Å². The second kappa shape index (κ2) is 3.73. The lowest BCUT2D eigenvalue weighted by Crippen LogP contribution is -1.99. The van der Waals surface area contributed by atoms with E-state index < -0.39 is 6.67 Å². The summed E-state index contributed by atoms with van der Waals surface area (Å²) < 4.78 is 13.7. The van der Waals surface area contributed by atoms with Crippen LogP contribution < -0.4 is 0 Å². The summed E-state index contributed by atoms with van der Waals surface area (Å²) in [5, 5.41) is 4.27. The summed E-state index contributed by atoms with van der Waals surface area (Å²) in [6.45, 7) is 3.29. The van der Waals surface area contributed by atoms with E-state index >= 15 is 0 Å². The average molecular weight is 229 g/mol. The molecule has 2 aromatic heterocycles. The van der Waals surface area contributed by atoms with Gasteiger partial charge in [0.2, 0.25) is 0 Å². The molecule has 4 nitrogen and oxygen atoms in total. The summed E-state index contributed by atoms with van der Waals surface area (Å²) in [5.74, 6) is 0.696. The zero-order valence-corrected chi connectivity index (χ0v) is 9.16. The van der Waals surface area contributed by atoms with Gasteiger partial charge in [0.25, 0.3) is 5.78 Å². The molecular formula is C9H10ClFN4. The van der Waals surface area contributed by atoms with E-state index in [0.717, 1.165) is 5.69 Å². The van der Waals surface area contributed by atoms with E-state index in [1.165, 1.54) is 4.52 Å². The van der Waals surface area contributed by atoms with E-state index in [1.54, 1.807) is 6.07 Å². The van der Waals surface area contributed by atoms with Crippen molar-refractivity contribution in [1.29, 1.82) is 0 Å². The highest BCUT2D eigenvalue weighted by Crippen LogP contribution is 2.18. The van der Waals surface area contributed by atoms with Crippen molar-refractivity contribution >= 4 is 17.4 Å². The Hall–Kier alpha value is -1.23. The highest BCUT2D eigenvalue weighted by molar-refractivity contribution is 6.29. The minimum Gasteiger partial charge on any atom is -0.242 e. The van der Waals surface area contributed by atoms with Gasteiger partial charge in [-0.2, -0.15) is 9.50 Å². The summed E-state index contributed by atoms with van der Waals surface area (Å²) in [7, 11) is 0. The molecule has 80 valence electrons. The zero-order valence-electron chi connectivity index (χ0n) is 8.41. The van der Waals surface area contributed by atoms with Crippen LogP contribution in [0.2, 0.25) is 5.15 Å². The molecule has 0 unspecified atom stereocenters. The lowest BCUT2D eigenvalue weighted by Gasteiger charge is -2.04. The van der Waals surface area contributed by atoms with Crippen LogP contribution in [0.3, 0.4) is 0 Å². The van der Waals surface area contributed by atoms with Crippen LogP contribution in [-0.4, -0.2) is 19.6 Å². The molecule has 0 spiro atoms. The van der Waals surface area contributed by atoms with Crippen LogP contribution >= 0.6 is 11.6 Å². The first kappa shape index (κ1) is 10.3. The predicted molar refractivity (Wildman–Crippen MR) is 54.7 cm³/mol. The predicted octanol–water partition coefficient (Wildman–Crippen LogP) is 2.37. The average Bonchev–Trinajstić information content (AvgIpc) is 2.61. The Kier molecular flexibility index (Phi) is 2.56. The van der Waals surface area contributed by atoms with Crippen LogP contribution in [0.15, 0.2) is 6.07 Å². The fourth-order valence-corrected chi connectivity index (χ4v) is 1.47. The molecule has 0 amide bonds. The van der Waals surface area contributed by atoms with Gasteiger partial charge in [-0.25, -0.2) is 9.37 Å². The van der Waals surface area contributed by atoms with E-state index in [2.05, 4.69) is 15.1 Å². The molecule has 15 heavy (non-hydrogen) atoms. The summed E-state index contributed by atoms with van der Waals surface area (Å²) >= 11 is 5.97. The van der Waals surface area contributed by atoms with Crippen LogP contribution in [0, 0.1) is 0 Å². The standard InChI is InChI=1S/C9H10ClFN4/c1-5(2)6-3-7(10)15-9(12-6)13-8(4-11)14-15/h3,5H,4H2,1-2H3. The Balaban J connectivity index is 2.65. The molecule has 0 radical (unpaired) electrons. The smallest absolute Gasteiger partial charge is 0.242 e. The SMILES string of the molecule is CC(C)c1cc(Cl)n2nc(CF)nc2n1. The van der Waals surface area contributed by atoms with Crippen LogP contribution in [0.25, 0.3) is 5.78 Å². The van der Waals surface area contributed by atoms with Crippen molar-refractivity contribution in [3.05, 3.63) is 22.7 Å². The maximum atomic E-state index is 12.3. The highest BCUT2D eigenvalue weighted by atomic mass is 35.5. The van der Waals surface area contributed by atoms with Gasteiger partial charge in [-0.3, -0.25) is 0 Å². The van der Waals surface area contributed by atoms with E-state index in [9.17, 15) is 4.39 Å². The van der Waals surface area contributed by atoms with Gasteiger partial charge in [-0.1, -0.05) is 25.4 Å². The molecule has 0 aliphatic carbocycles. The normalized spacial score (nSPS) is 11.5. The summed E-state index contributed by atoms with van der Waals surface area (Å²) in [6, 6.07) is 1.72. The Labute approximate surface area is 91.1 Å². The number of fused-ring (bicyclic) bond motifs is 1. The Morgan fingerprint density at radius 1 is 1.47 bits per heavy atom. The Morgan fingerprint density at radius 2 is 2.20 bits per heavy atom. The van der Waals surface area contributed by atoms with Crippen LogP contribution in [0.4, 0.5) is 4.39 Å². The van der Waals surface area contributed by atoms with Gasteiger partial charge in [0.15, 0.2) is 12.5 Å². The lowest BCUT2D eigenvalue weighted by molar-refractivity contribution is 0.465. The third kappa shape index (κ3) is 1.79. The highest BCUT2D eigenvalue weighted by Gasteiger charge is 2.11. The van der Waals surface area contributed by atoms with Gasteiger partial charge in [-0.05, 0) is 12.0 Å². The topological polar surface area (TPSA) is 43.1 Å².